The number of carbonyl (C=O) groups is 2. The van der Waals surface area contributed by atoms with Gasteiger partial charge in [-0.3, -0.25) is 9.59 Å². The fourth-order valence-electron chi connectivity index (χ4n) is 2.12. The molecular weight excluding hydrogens is 284 g/mol. The first-order valence-electron chi connectivity index (χ1n) is 7.37. The molecule has 0 spiro atoms. The van der Waals surface area contributed by atoms with Crippen LogP contribution in [0.1, 0.15) is 32.6 Å². The van der Waals surface area contributed by atoms with E-state index in [1.807, 2.05) is 0 Å². The van der Waals surface area contributed by atoms with E-state index in [4.69, 9.17) is 0 Å². The van der Waals surface area contributed by atoms with Crippen molar-refractivity contribution in [2.24, 2.45) is 0 Å². The molecule has 0 saturated heterocycles. The lowest BCUT2D eigenvalue weighted by Crippen LogP contribution is -2.32. The smallest absolute Gasteiger partial charge is 0.323 e. The highest BCUT2D eigenvalue weighted by atomic mass is 16.2. The molecule has 0 aliphatic carbocycles. The van der Waals surface area contributed by atoms with E-state index in [2.05, 4.69) is 27.5 Å². The summed E-state index contributed by atoms with van der Waals surface area (Å²) in [6.45, 7) is 2.01. The van der Waals surface area contributed by atoms with Crippen LogP contribution in [0.25, 0.3) is 11.0 Å². The number of aromatic amines is 2. The Bertz CT molecular complexity index is 717. The van der Waals surface area contributed by atoms with E-state index >= 15 is 0 Å². The summed E-state index contributed by atoms with van der Waals surface area (Å²) >= 11 is 0. The molecule has 118 valence electrons. The Labute approximate surface area is 127 Å². The first-order chi connectivity index (χ1) is 10.6. The monoisotopic (exact) mass is 304 g/mol. The number of hydrogen-bond acceptors (Lipinski definition) is 3. The first kappa shape index (κ1) is 15.8. The zero-order valence-electron chi connectivity index (χ0n) is 12.5. The molecule has 0 aliphatic heterocycles. The minimum Gasteiger partial charge on any atom is -0.347 e. The van der Waals surface area contributed by atoms with Crippen LogP contribution in [0.15, 0.2) is 23.0 Å². The Morgan fingerprint density at radius 3 is 2.64 bits per heavy atom. The van der Waals surface area contributed by atoms with Gasteiger partial charge < -0.3 is 20.6 Å². The van der Waals surface area contributed by atoms with Crippen molar-refractivity contribution in [3.8, 4) is 0 Å². The number of H-pyrrole nitrogens is 2. The van der Waals surface area contributed by atoms with Gasteiger partial charge in [-0.1, -0.05) is 19.8 Å². The Hall–Kier alpha value is -2.57. The number of carbonyl (C=O) groups excluding carboxylic acids is 2. The van der Waals surface area contributed by atoms with Crippen molar-refractivity contribution >= 4 is 28.5 Å². The predicted molar refractivity (Wildman–Crippen MR) is 84.7 cm³/mol. The van der Waals surface area contributed by atoms with E-state index in [0.29, 0.717) is 23.1 Å². The SMILES string of the molecule is CCCCCC(=O)NCC(=O)Nc1ccc2[nH]c(=O)[nH]c2c1. The largest absolute Gasteiger partial charge is 0.347 e. The number of anilines is 1. The van der Waals surface area contributed by atoms with Crippen LogP contribution in [0.2, 0.25) is 0 Å². The Morgan fingerprint density at radius 1 is 1.09 bits per heavy atom. The molecule has 0 unspecified atom stereocenters. The molecule has 0 bridgehead atoms. The van der Waals surface area contributed by atoms with Crippen LogP contribution in [-0.2, 0) is 9.59 Å². The quantitative estimate of drug-likeness (QED) is 0.582. The number of benzene rings is 1. The summed E-state index contributed by atoms with van der Waals surface area (Å²) in [7, 11) is 0. The van der Waals surface area contributed by atoms with Crippen molar-refractivity contribution < 1.29 is 9.59 Å². The number of nitrogens with one attached hydrogen (secondary N) is 4. The van der Waals surface area contributed by atoms with Gasteiger partial charge in [0.2, 0.25) is 11.8 Å². The fraction of sp³-hybridized carbons (Fsp3) is 0.400. The molecule has 1 aromatic carbocycles. The summed E-state index contributed by atoms with van der Waals surface area (Å²) < 4.78 is 0. The van der Waals surface area contributed by atoms with Crippen molar-refractivity contribution in [2.75, 3.05) is 11.9 Å². The molecule has 7 heteroatoms. The van der Waals surface area contributed by atoms with E-state index < -0.39 is 0 Å². The second kappa shape index (κ2) is 7.44. The second-order valence-corrected chi connectivity index (χ2v) is 5.12. The number of aromatic nitrogens is 2. The van der Waals surface area contributed by atoms with Crippen LogP contribution >= 0.6 is 0 Å². The number of amides is 2. The molecule has 0 fully saturated rings. The number of fused-ring (bicyclic) bond motifs is 1. The average Bonchev–Trinajstić information content (AvgIpc) is 2.85. The Morgan fingerprint density at radius 2 is 1.86 bits per heavy atom. The fourth-order valence-corrected chi connectivity index (χ4v) is 2.12. The number of rotatable bonds is 7. The molecular formula is C15H20N4O3. The van der Waals surface area contributed by atoms with Gasteiger partial charge in [-0.15, -0.1) is 0 Å². The van der Waals surface area contributed by atoms with Gasteiger partial charge in [0, 0.05) is 12.1 Å². The topological polar surface area (TPSA) is 107 Å². The summed E-state index contributed by atoms with van der Waals surface area (Å²) in [4.78, 5) is 39.7. The number of imidazole rings is 1. The van der Waals surface area contributed by atoms with Gasteiger partial charge in [0.05, 0.1) is 17.6 Å². The van der Waals surface area contributed by atoms with Gasteiger partial charge in [0.1, 0.15) is 0 Å². The molecule has 4 N–H and O–H groups in total. The molecule has 1 heterocycles. The highest BCUT2D eigenvalue weighted by Crippen LogP contribution is 2.14. The summed E-state index contributed by atoms with van der Waals surface area (Å²) in [5, 5.41) is 5.26. The average molecular weight is 304 g/mol. The molecule has 2 amide bonds. The van der Waals surface area contributed by atoms with Crippen LogP contribution in [0.4, 0.5) is 5.69 Å². The molecule has 0 atom stereocenters. The van der Waals surface area contributed by atoms with Crippen molar-refractivity contribution in [1.29, 1.82) is 0 Å². The van der Waals surface area contributed by atoms with Crippen LogP contribution in [-0.4, -0.2) is 28.3 Å². The summed E-state index contributed by atoms with van der Waals surface area (Å²) in [5.74, 6) is -0.421. The van der Waals surface area contributed by atoms with Crippen LogP contribution in [0.3, 0.4) is 0 Å². The zero-order chi connectivity index (χ0) is 15.9. The summed E-state index contributed by atoms with van der Waals surface area (Å²) in [5.41, 5.74) is 1.56. The zero-order valence-corrected chi connectivity index (χ0v) is 12.5. The lowest BCUT2D eigenvalue weighted by Gasteiger charge is -2.07. The van der Waals surface area contributed by atoms with Gasteiger partial charge in [0.25, 0.3) is 0 Å². The normalized spacial score (nSPS) is 10.6. The third-order valence-electron chi connectivity index (χ3n) is 3.25. The maximum absolute atomic E-state index is 11.8. The van der Waals surface area contributed by atoms with E-state index in [-0.39, 0.29) is 24.0 Å². The van der Waals surface area contributed by atoms with Crippen LogP contribution in [0.5, 0.6) is 0 Å². The van der Waals surface area contributed by atoms with Gasteiger partial charge in [-0.05, 0) is 24.6 Å². The van der Waals surface area contributed by atoms with Gasteiger partial charge in [-0.25, -0.2) is 4.79 Å². The first-order valence-corrected chi connectivity index (χ1v) is 7.37. The van der Waals surface area contributed by atoms with E-state index in [1.165, 1.54) is 0 Å². The third kappa shape index (κ3) is 4.47. The van der Waals surface area contributed by atoms with Crippen molar-refractivity contribution in [2.45, 2.75) is 32.6 Å². The Balaban J connectivity index is 1.82. The standard InChI is InChI=1S/C15H20N4O3/c1-2-3-4-5-13(20)16-9-14(21)17-10-6-7-11-12(8-10)19-15(22)18-11/h6-8H,2-5,9H2,1H3,(H,16,20)(H,17,21)(H2,18,19,22). The number of unbranched alkanes of at least 4 members (excludes halogenated alkanes) is 2. The van der Waals surface area contributed by atoms with Crippen LogP contribution in [0, 0.1) is 0 Å². The van der Waals surface area contributed by atoms with Crippen molar-refractivity contribution in [3.05, 3.63) is 28.7 Å². The molecule has 7 nitrogen and oxygen atoms in total. The Kier molecular flexibility index (Phi) is 5.35. The van der Waals surface area contributed by atoms with Gasteiger partial charge in [-0.2, -0.15) is 0 Å². The predicted octanol–water partition coefficient (Wildman–Crippen LogP) is 1.49. The lowest BCUT2D eigenvalue weighted by molar-refractivity contribution is -0.124. The maximum atomic E-state index is 11.8. The lowest BCUT2D eigenvalue weighted by atomic mass is 10.2. The van der Waals surface area contributed by atoms with Gasteiger partial charge >= 0.3 is 5.69 Å². The van der Waals surface area contributed by atoms with Gasteiger partial charge in [0.15, 0.2) is 0 Å². The molecule has 0 radical (unpaired) electrons. The summed E-state index contributed by atoms with van der Waals surface area (Å²) in [6, 6.07) is 5.05. The highest BCUT2D eigenvalue weighted by molar-refractivity contribution is 5.95. The molecule has 1 aromatic heterocycles. The maximum Gasteiger partial charge on any atom is 0.323 e. The minimum absolute atomic E-state index is 0.0628. The minimum atomic E-state index is -0.305. The molecule has 2 aromatic rings. The molecule has 0 aliphatic rings. The molecule has 0 saturated carbocycles. The molecule has 22 heavy (non-hydrogen) atoms. The van der Waals surface area contributed by atoms with E-state index in [9.17, 15) is 14.4 Å². The van der Waals surface area contributed by atoms with Crippen molar-refractivity contribution in [3.63, 3.8) is 0 Å². The second-order valence-electron chi connectivity index (χ2n) is 5.12. The molecule has 2 rings (SSSR count). The highest BCUT2D eigenvalue weighted by Gasteiger charge is 2.07. The number of hydrogen-bond donors (Lipinski definition) is 4. The summed E-state index contributed by atoms with van der Waals surface area (Å²) in [6.07, 6.45) is 3.34. The third-order valence-corrected chi connectivity index (χ3v) is 3.25. The van der Waals surface area contributed by atoms with E-state index in [0.717, 1.165) is 19.3 Å². The van der Waals surface area contributed by atoms with Crippen LogP contribution < -0.4 is 16.3 Å². The van der Waals surface area contributed by atoms with E-state index in [1.54, 1.807) is 18.2 Å². The van der Waals surface area contributed by atoms with Crippen molar-refractivity contribution in [1.82, 2.24) is 15.3 Å².